The van der Waals surface area contributed by atoms with Crippen LogP contribution >= 0.6 is 11.3 Å². The summed E-state index contributed by atoms with van der Waals surface area (Å²) in [5, 5.41) is 9.01. The van der Waals surface area contributed by atoms with Gasteiger partial charge in [-0.2, -0.15) is 4.98 Å². The Labute approximate surface area is 185 Å². The molecule has 1 N–H and O–H groups in total. The lowest BCUT2D eigenvalue weighted by atomic mass is 10.0. The van der Waals surface area contributed by atoms with Gasteiger partial charge in [0.15, 0.2) is 0 Å². The first-order valence-electron chi connectivity index (χ1n) is 10.1. The minimum Gasteiger partial charge on any atom is -0.338 e. The molecule has 0 aliphatic rings. The van der Waals surface area contributed by atoms with Crippen LogP contribution in [-0.4, -0.2) is 20.9 Å². The first-order valence-corrected chi connectivity index (χ1v) is 11.0. The van der Waals surface area contributed by atoms with Crippen molar-refractivity contribution in [2.45, 2.75) is 33.0 Å². The molecular formula is C24H24N4O2S. The van der Waals surface area contributed by atoms with Crippen LogP contribution < -0.4 is 5.32 Å². The highest BCUT2D eigenvalue weighted by molar-refractivity contribution is 7.13. The Morgan fingerprint density at radius 3 is 2.68 bits per heavy atom. The molecule has 0 bridgehead atoms. The molecule has 0 spiro atoms. The van der Waals surface area contributed by atoms with Gasteiger partial charge in [-0.05, 0) is 41.6 Å². The number of anilines is 1. The fourth-order valence-electron chi connectivity index (χ4n) is 3.44. The lowest BCUT2D eigenvalue weighted by Crippen LogP contribution is -2.26. The molecular weight excluding hydrogens is 408 g/mol. The predicted octanol–water partition coefficient (Wildman–Crippen LogP) is 5.52. The minimum atomic E-state index is -0.0853. The fraction of sp³-hybridized carbons (Fsp3) is 0.208. The topological polar surface area (TPSA) is 71.3 Å². The number of carbonyl (C=O) groups is 1. The highest BCUT2D eigenvalue weighted by Crippen LogP contribution is 2.27. The van der Waals surface area contributed by atoms with Gasteiger partial charge in [0, 0.05) is 25.2 Å². The van der Waals surface area contributed by atoms with Gasteiger partial charge < -0.3 is 9.84 Å². The molecule has 0 radical (unpaired) electrons. The monoisotopic (exact) mass is 432 g/mol. The average molecular weight is 433 g/mol. The highest BCUT2D eigenvalue weighted by atomic mass is 32.1. The van der Waals surface area contributed by atoms with Crippen molar-refractivity contribution in [3.8, 4) is 10.7 Å². The number of nitrogens with one attached hydrogen (secondary N) is 1. The molecule has 158 valence electrons. The number of carbonyl (C=O) groups excluding carboxylic acids is 1. The largest absolute Gasteiger partial charge is 0.338 e. The summed E-state index contributed by atoms with van der Waals surface area (Å²) in [6, 6.07) is 22.3. The first-order chi connectivity index (χ1) is 15.1. The minimum absolute atomic E-state index is 0.0611. The highest BCUT2D eigenvalue weighted by Gasteiger charge is 2.21. The smallest absolute Gasteiger partial charge is 0.241 e. The number of aromatic nitrogens is 2. The van der Waals surface area contributed by atoms with E-state index in [-0.39, 0.29) is 11.9 Å². The zero-order chi connectivity index (χ0) is 21.6. The second-order valence-corrected chi connectivity index (χ2v) is 8.31. The summed E-state index contributed by atoms with van der Waals surface area (Å²) in [5.74, 6) is 1.10. The van der Waals surface area contributed by atoms with Crippen molar-refractivity contribution in [3.05, 3.63) is 89.1 Å². The van der Waals surface area contributed by atoms with Gasteiger partial charge in [-0.3, -0.25) is 9.69 Å². The molecule has 0 saturated carbocycles. The molecule has 4 aromatic rings. The molecule has 1 amide bonds. The first kappa shape index (κ1) is 21.0. The van der Waals surface area contributed by atoms with Crippen molar-refractivity contribution in [1.29, 1.82) is 0 Å². The molecule has 4 rings (SSSR count). The van der Waals surface area contributed by atoms with Crippen LogP contribution in [0.2, 0.25) is 0 Å². The molecule has 2 aromatic carbocycles. The van der Waals surface area contributed by atoms with Crippen LogP contribution in [0.1, 0.15) is 36.9 Å². The maximum Gasteiger partial charge on any atom is 0.241 e. The molecule has 6 nitrogen and oxygen atoms in total. The van der Waals surface area contributed by atoms with Crippen LogP contribution in [0.3, 0.4) is 0 Å². The van der Waals surface area contributed by atoms with Crippen LogP contribution in [0, 0.1) is 0 Å². The number of hydrogen-bond donors (Lipinski definition) is 1. The van der Waals surface area contributed by atoms with Crippen molar-refractivity contribution in [3.63, 3.8) is 0 Å². The van der Waals surface area contributed by atoms with E-state index >= 15 is 0 Å². The summed E-state index contributed by atoms with van der Waals surface area (Å²) in [7, 11) is 0. The van der Waals surface area contributed by atoms with Crippen LogP contribution in [0.4, 0.5) is 5.69 Å². The second-order valence-electron chi connectivity index (χ2n) is 7.36. The molecule has 31 heavy (non-hydrogen) atoms. The van der Waals surface area contributed by atoms with Crippen LogP contribution in [0.25, 0.3) is 10.7 Å². The Morgan fingerprint density at radius 1 is 1.10 bits per heavy atom. The number of thiophene rings is 1. The van der Waals surface area contributed by atoms with E-state index in [1.165, 1.54) is 12.5 Å². The quantitative estimate of drug-likeness (QED) is 0.397. The zero-order valence-corrected chi connectivity index (χ0v) is 18.3. The van der Waals surface area contributed by atoms with Gasteiger partial charge in [0.25, 0.3) is 0 Å². The van der Waals surface area contributed by atoms with Crippen molar-refractivity contribution in [2.75, 3.05) is 5.32 Å². The number of hydrogen-bond acceptors (Lipinski definition) is 6. The van der Waals surface area contributed by atoms with Gasteiger partial charge in [0.2, 0.25) is 17.6 Å². The number of benzene rings is 2. The summed E-state index contributed by atoms with van der Waals surface area (Å²) in [5.41, 5.74) is 3.08. The van der Waals surface area contributed by atoms with Crippen molar-refractivity contribution < 1.29 is 9.32 Å². The SMILES string of the molecule is CC(=O)Nc1cccc([C@H](C)N(Cc2ccccc2)Cc2nc(-c3cccs3)no2)c1. The van der Waals surface area contributed by atoms with E-state index in [1.807, 2.05) is 53.9 Å². The van der Waals surface area contributed by atoms with Crippen LogP contribution in [-0.2, 0) is 17.9 Å². The van der Waals surface area contributed by atoms with Crippen molar-refractivity contribution >= 4 is 22.9 Å². The summed E-state index contributed by atoms with van der Waals surface area (Å²) in [6.07, 6.45) is 0. The third kappa shape index (κ3) is 5.45. The fourth-order valence-corrected chi connectivity index (χ4v) is 4.09. The number of rotatable bonds is 8. The summed E-state index contributed by atoms with van der Waals surface area (Å²) in [6.45, 7) is 4.90. The van der Waals surface area contributed by atoms with Gasteiger partial charge in [-0.15, -0.1) is 11.3 Å². The Hall–Kier alpha value is -3.29. The van der Waals surface area contributed by atoms with E-state index in [0.29, 0.717) is 18.3 Å². The van der Waals surface area contributed by atoms with Crippen LogP contribution in [0.15, 0.2) is 76.6 Å². The summed E-state index contributed by atoms with van der Waals surface area (Å²) in [4.78, 5) is 19.3. The zero-order valence-electron chi connectivity index (χ0n) is 17.5. The Kier molecular flexibility index (Phi) is 6.54. The maximum atomic E-state index is 11.5. The Morgan fingerprint density at radius 2 is 1.94 bits per heavy atom. The number of nitrogens with zero attached hydrogens (tertiary/aromatic N) is 3. The summed E-state index contributed by atoms with van der Waals surface area (Å²) < 4.78 is 5.57. The molecule has 2 aromatic heterocycles. The summed E-state index contributed by atoms with van der Waals surface area (Å²) >= 11 is 1.59. The Balaban J connectivity index is 1.59. The standard InChI is InChI=1S/C24H24N4O2S/c1-17(20-10-6-11-21(14-20)25-18(2)29)28(15-19-8-4-3-5-9-19)16-23-26-24(27-30-23)22-12-7-13-31-22/h3-14,17H,15-16H2,1-2H3,(H,25,29)/t17-/m0/s1. The van der Waals surface area contributed by atoms with Gasteiger partial charge >= 0.3 is 0 Å². The van der Waals surface area contributed by atoms with Crippen molar-refractivity contribution in [2.24, 2.45) is 0 Å². The molecule has 0 saturated heterocycles. The molecule has 2 heterocycles. The van der Waals surface area contributed by atoms with E-state index in [1.54, 1.807) is 11.3 Å². The molecule has 0 aliphatic carbocycles. The number of amides is 1. The average Bonchev–Trinajstić information content (AvgIpc) is 3.45. The van der Waals surface area contributed by atoms with Gasteiger partial charge in [-0.1, -0.05) is 53.7 Å². The second kappa shape index (κ2) is 9.68. The van der Waals surface area contributed by atoms with E-state index in [4.69, 9.17) is 4.52 Å². The lowest BCUT2D eigenvalue weighted by molar-refractivity contribution is -0.114. The third-order valence-corrected chi connectivity index (χ3v) is 5.88. The Bertz CT molecular complexity index is 1130. The van der Waals surface area contributed by atoms with Crippen LogP contribution in [0.5, 0.6) is 0 Å². The van der Waals surface area contributed by atoms with Gasteiger partial charge in [0.05, 0.1) is 11.4 Å². The maximum absolute atomic E-state index is 11.5. The third-order valence-electron chi connectivity index (χ3n) is 5.01. The predicted molar refractivity (Wildman–Crippen MR) is 122 cm³/mol. The van der Waals surface area contributed by atoms with E-state index < -0.39 is 0 Å². The van der Waals surface area contributed by atoms with Gasteiger partial charge in [-0.25, -0.2) is 0 Å². The van der Waals surface area contributed by atoms with E-state index in [9.17, 15) is 4.79 Å². The molecule has 0 fully saturated rings. The van der Waals surface area contributed by atoms with E-state index in [0.717, 1.165) is 22.7 Å². The molecule has 7 heteroatoms. The normalized spacial score (nSPS) is 12.1. The molecule has 0 aliphatic heterocycles. The van der Waals surface area contributed by atoms with E-state index in [2.05, 4.69) is 45.5 Å². The lowest BCUT2D eigenvalue weighted by Gasteiger charge is -2.28. The molecule has 0 unspecified atom stereocenters. The van der Waals surface area contributed by atoms with Gasteiger partial charge in [0.1, 0.15) is 0 Å². The van der Waals surface area contributed by atoms with Crippen molar-refractivity contribution in [1.82, 2.24) is 15.0 Å². The molecule has 1 atom stereocenters.